The molecule has 0 radical (unpaired) electrons. The molecule has 5 rings (SSSR count). The monoisotopic (exact) mass is 537 g/mol. The van der Waals surface area contributed by atoms with E-state index in [1.165, 1.54) is 16.8 Å². The first-order valence-electron chi connectivity index (χ1n) is 12.5. The highest BCUT2D eigenvalue weighted by Crippen LogP contribution is 2.46. The summed E-state index contributed by atoms with van der Waals surface area (Å²) < 4.78 is 41.7. The number of rotatable bonds is 5. The van der Waals surface area contributed by atoms with E-state index in [1.54, 1.807) is 24.3 Å². The molecule has 1 aromatic heterocycles. The number of fused-ring (bicyclic) bond motifs is 3. The lowest BCUT2D eigenvalue weighted by Crippen LogP contribution is -2.52. The number of amides is 3. The van der Waals surface area contributed by atoms with E-state index in [0.29, 0.717) is 5.69 Å². The molecule has 39 heavy (non-hydrogen) atoms. The molecule has 0 bridgehead atoms. The average Bonchev–Trinajstić information content (AvgIpc) is 3.59. The van der Waals surface area contributed by atoms with E-state index in [0.717, 1.165) is 17.7 Å². The lowest BCUT2D eigenvalue weighted by Gasteiger charge is -2.33. The third-order valence-electron chi connectivity index (χ3n) is 7.67. The first-order valence-corrected chi connectivity index (χ1v) is 12.5. The van der Waals surface area contributed by atoms with Gasteiger partial charge in [0, 0.05) is 37.2 Å². The molecule has 3 atom stereocenters. The number of aromatic nitrogens is 1. The number of likely N-dealkylation sites (tertiary alicyclic amines) is 1. The molecule has 0 saturated carbocycles. The maximum absolute atomic E-state index is 14.3. The van der Waals surface area contributed by atoms with Crippen LogP contribution in [0.4, 0.5) is 18.9 Å². The van der Waals surface area contributed by atoms with Gasteiger partial charge in [-0.2, -0.15) is 5.26 Å². The smallest absolute Gasteiger partial charge is 0.270 e. The van der Waals surface area contributed by atoms with Crippen molar-refractivity contribution in [3.8, 4) is 6.07 Å². The fourth-order valence-electron chi connectivity index (χ4n) is 5.67. The van der Waals surface area contributed by atoms with Gasteiger partial charge in [-0.25, -0.2) is 13.2 Å². The second-order valence-corrected chi connectivity index (χ2v) is 10.6. The SMILES string of the molecule is CC(C)C[C@@H](C(=O)N1C[C@]2(C[C@H]1C#N)C(=O)Nc1ccccc12)N(C)C(=O)c1cc2c(F)c(F)c(F)cc2[nH]1. The molecular formula is C28H26F3N5O3. The van der Waals surface area contributed by atoms with Crippen LogP contribution in [0.1, 0.15) is 42.7 Å². The van der Waals surface area contributed by atoms with Gasteiger partial charge in [-0.1, -0.05) is 32.0 Å². The number of likely N-dealkylation sites (N-methyl/N-ethyl adjacent to an activating group) is 1. The summed E-state index contributed by atoms with van der Waals surface area (Å²) >= 11 is 0. The number of hydrogen-bond acceptors (Lipinski definition) is 4. The summed E-state index contributed by atoms with van der Waals surface area (Å²) in [6.07, 6.45) is 0.353. The summed E-state index contributed by atoms with van der Waals surface area (Å²) in [5.74, 6) is -5.99. The summed E-state index contributed by atoms with van der Waals surface area (Å²) in [5.41, 5.74) is 0.0116. The van der Waals surface area contributed by atoms with Gasteiger partial charge in [0.15, 0.2) is 17.5 Å². The van der Waals surface area contributed by atoms with E-state index in [-0.39, 0.29) is 47.8 Å². The zero-order valence-electron chi connectivity index (χ0n) is 21.5. The van der Waals surface area contributed by atoms with E-state index in [4.69, 9.17) is 0 Å². The number of para-hydroxylation sites is 1. The molecule has 2 N–H and O–H groups in total. The van der Waals surface area contributed by atoms with Crippen LogP contribution >= 0.6 is 0 Å². The molecule has 3 aromatic rings. The Kier molecular flexibility index (Phi) is 6.37. The minimum atomic E-state index is -1.65. The molecule has 1 saturated heterocycles. The van der Waals surface area contributed by atoms with Crippen LogP contribution in [0.15, 0.2) is 36.4 Å². The summed E-state index contributed by atoms with van der Waals surface area (Å²) in [6.45, 7) is 3.71. The van der Waals surface area contributed by atoms with Gasteiger partial charge in [-0.15, -0.1) is 0 Å². The van der Waals surface area contributed by atoms with Crippen LogP contribution in [-0.4, -0.2) is 58.2 Å². The first kappa shape index (κ1) is 26.3. The van der Waals surface area contributed by atoms with Gasteiger partial charge in [0.1, 0.15) is 17.8 Å². The Morgan fingerprint density at radius 2 is 1.92 bits per heavy atom. The van der Waals surface area contributed by atoms with Crippen LogP contribution in [0.5, 0.6) is 0 Å². The Hall–Kier alpha value is -4.33. The Bertz CT molecular complexity index is 1560. The maximum atomic E-state index is 14.3. The average molecular weight is 538 g/mol. The van der Waals surface area contributed by atoms with E-state index < -0.39 is 46.8 Å². The van der Waals surface area contributed by atoms with Crippen molar-refractivity contribution in [1.82, 2.24) is 14.8 Å². The number of aromatic amines is 1. The summed E-state index contributed by atoms with van der Waals surface area (Å²) in [4.78, 5) is 45.7. The molecule has 2 aromatic carbocycles. The molecule has 3 amide bonds. The molecule has 1 fully saturated rings. The van der Waals surface area contributed by atoms with Crippen molar-refractivity contribution in [3.05, 3.63) is 65.1 Å². The van der Waals surface area contributed by atoms with Crippen molar-refractivity contribution < 1.29 is 27.6 Å². The van der Waals surface area contributed by atoms with Crippen molar-refractivity contribution >= 4 is 34.3 Å². The quantitative estimate of drug-likeness (QED) is 0.478. The zero-order chi connectivity index (χ0) is 28.2. The largest absolute Gasteiger partial charge is 0.350 e. The number of benzene rings is 2. The number of nitriles is 1. The fraction of sp³-hybridized carbons (Fsp3) is 0.357. The third-order valence-corrected chi connectivity index (χ3v) is 7.67. The molecule has 2 aliphatic heterocycles. The molecule has 11 heteroatoms. The number of anilines is 1. The van der Waals surface area contributed by atoms with Crippen molar-refractivity contribution in [2.45, 2.75) is 44.2 Å². The van der Waals surface area contributed by atoms with Gasteiger partial charge in [-0.3, -0.25) is 14.4 Å². The Balaban J connectivity index is 1.47. The second kappa shape index (κ2) is 9.45. The zero-order valence-corrected chi connectivity index (χ0v) is 21.5. The van der Waals surface area contributed by atoms with Gasteiger partial charge in [0.25, 0.3) is 5.91 Å². The lowest BCUT2D eigenvalue weighted by molar-refractivity contribution is -0.136. The van der Waals surface area contributed by atoms with Gasteiger partial charge < -0.3 is 20.1 Å². The number of hydrogen-bond donors (Lipinski definition) is 2. The van der Waals surface area contributed by atoms with Crippen LogP contribution in [0.25, 0.3) is 10.9 Å². The predicted molar refractivity (Wildman–Crippen MR) is 136 cm³/mol. The molecule has 0 aliphatic carbocycles. The van der Waals surface area contributed by atoms with Gasteiger partial charge in [0.2, 0.25) is 11.8 Å². The maximum Gasteiger partial charge on any atom is 0.270 e. The topological polar surface area (TPSA) is 109 Å². The fourth-order valence-corrected chi connectivity index (χ4v) is 5.67. The van der Waals surface area contributed by atoms with E-state index in [2.05, 4.69) is 16.4 Å². The number of halogens is 3. The predicted octanol–water partition coefficient (Wildman–Crippen LogP) is 4.09. The van der Waals surface area contributed by atoms with Crippen LogP contribution in [-0.2, 0) is 15.0 Å². The Labute approximate surface area is 222 Å². The van der Waals surface area contributed by atoms with Gasteiger partial charge in [0.05, 0.1) is 17.0 Å². The van der Waals surface area contributed by atoms with Crippen molar-refractivity contribution in [2.75, 3.05) is 18.9 Å². The van der Waals surface area contributed by atoms with E-state index in [1.807, 2.05) is 13.8 Å². The minimum Gasteiger partial charge on any atom is -0.350 e. The highest BCUT2D eigenvalue weighted by atomic mass is 19.2. The standard InChI is InChI=1S/C28H26F3N5O3/c1-14(2)8-22(35(3)25(37)21-9-16-20(33-21)10-18(29)24(31)23(16)30)26(38)36-13-28(11-15(36)12-32)17-6-4-5-7-19(17)34-27(28)39/h4-7,9-10,14-15,22,33H,8,11,13H2,1-3H3,(H,34,39)/t15-,22-,28-/m0/s1. The summed E-state index contributed by atoms with van der Waals surface area (Å²) in [7, 11) is 1.40. The van der Waals surface area contributed by atoms with E-state index >= 15 is 0 Å². The number of H-pyrrole nitrogens is 1. The van der Waals surface area contributed by atoms with Crippen LogP contribution in [0.2, 0.25) is 0 Å². The number of nitrogens with zero attached hydrogens (tertiary/aromatic N) is 3. The van der Waals surface area contributed by atoms with Crippen LogP contribution < -0.4 is 5.32 Å². The molecule has 202 valence electrons. The third kappa shape index (κ3) is 4.11. The Morgan fingerprint density at radius 1 is 1.21 bits per heavy atom. The lowest BCUT2D eigenvalue weighted by atomic mass is 9.80. The van der Waals surface area contributed by atoms with Crippen LogP contribution in [0, 0.1) is 34.7 Å². The highest BCUT2D eigenvalue weighted by Gasteiger charge is 2.56. The molecule has 2 aliphatic rings. The Morgan fingerprint density at radius 3 is 2.62 bits per heavy atom. The highest BCUT2D eigenvalue weighted by molar-refractivity contribution is 6.07. The molecule has 8 nitrogen and oxygen atoms in total. The number of carbonyl (C=O) groups is 3. The molecule has 3 heterocycles. The van der Waals surface area contributed by atoms with Crippen LogP contribution in [0.3, 0.4) is 0 Å². The summed E-state index contributed by atoms with van der Waals surface area (Å²) in [6, 6.07) is 9.20. The summed E-state index contributed by atoms with van der Waals surface area (Å²) in [5, 5.41) is 12.5. The van der Waals surface area contributed by atoms with E-state index in [9.17, 15) is 32.8 Å². The minimum absolute atomic E-state index is 0.0281. The molecular weight excluding hydrogens is 511 g/mol. The van der Waals surface area contributed by atoms with Gasteiger partial charge in [-0.05, 0) is 30.0 Å². The second-order valence-electron chi connectivity index (χ2n) is 10.6. The number of carbonyl (C=O) groups excluding carboxylic acids is 3. The first-order chi connectivity index (χ1) is 18.5. The van der Waals surface area contributed by atoms with Crippen molar-refractivity contribution in [2.24, 2.45) is 5.92 Å². The number of nitrogens with one attached hydrogen (secondary N) is 2. The normalized spacial score (nSPS) is 20.8. The van der Waals surface area contributed by atoms with Gasteiger partial charge >= 0.3 is 0 Å². The molecule has 1 spiro atoms. The van der Waals surface area contributed by atoms with Crippen molar-refractivity contribution in [1.29, 1.82) is 5.26 Å². The van der Waals surface area contributed by atoms with Crippen molar-refractivity contribution in [3.63, 3.8) is 0 Å². The molecule has 0 unspecified atom stereocenters.